The fraction of sp³-hybridized carbons (Fsp3) is 0.250. The molecule has 0 radical (unpaired) electrons. The Bertz CT molecular complexity index is 380. The summed E-state index contributed by atoms with van der Waals surface area (Å²) in [6.45, 7) is 1.98. The zero-order valence-electron chi connectivity index (χ0n) is 8.86. The first-order valence-electron chi connectivity index (χ1n) is 4.66. The fourth-order valence-corrected chi connectivity index (χ4v) is 1.27. The molecule has 15 heavy (non-hydrogen) atoms. The van der Waals surface area contributed by atoms with Crippen molar-refractivity contribution in [3.8, 4) is 5.75 Å². The van der Waals surface area contributed by atoms with Crippen LogP contribution in [0.1, 0.15) is 17.5 Å². The van der Waals surface area contributed by atoms with Crippen LogP contribution in [0.5, 0.6) is 5.75 Å². The van der Waals surface area contributed by atoms with Gasteiger partial charge in [0.25, 0.3) is 0 Å². The molecule has 0 atom stereocenters. The fourth-order valence-electron chi connectivity index (χ4n) is 1.27. The number of hydrogen-bond donors (Lipinski definition) is 1. The molecule has 1 N–H and O–H groups in total. The van der Waals surface area contributed by atoms with Crippen LogP contribution < -0.4 is 4.74 Å². The van der Waals surface area contributed by atoms with Gasteiger partial charge in [0.05, 0.1) is 13.5 Å². The first-order valence-corrected chi connectivity index (χ1v) is 4.66. The molecule has 0 saturated heterocycles. The molecular formula is C12H14O3. The molecule has 0 aromatic heterocycles. The van der Waals surface area contributed by atoms with E-state index in [0.717, 1.165) is 16.9 Å². The lowest BCUT2D eigenvalue weighted by atomic mass is 10.1. The topological polar surface area (TPSA) is 46.5 Å². The Morgan fingerprint density at radius 3 is 2.87 bits per heavy atom. The third-order valence-electron chi connectivity index (χ3n) is 1.98. The molecule has 1 aromatic carbocycles. The van der Waals surface area contributed by atoms with Crippen LogP contribution >= 0.6 is 0 Å². The molecule has 0 fully saturated rings. The summed E-state index contributed by atoms with van der Waals surface area (Å²) < 4.78 is 5.16. The third kappa shape index (κ3) is 3.46. The Kier molecular flexibility index (Phi) is 3.92. The molecule has 3 heteroatoms. The van der Waals surface area contributed by atoms with Crippen molar-refractivity contribution in [2.45, 2.75) is 13.3 Å². The van der Waals surface area contributed by atoms with Gasteiger partial charge in [-0.05, 0) is 19.1 Å². The molecule has 0 saturated carbocycles. The number of hydrogen-bond acceptors (Lipinski definition) is 2. The van der Waals surface area contributed by atoms with Gasteiger partial charge in [-0.15, -0.1) is 0 Å². The van der Waals surface area contributed by atoms with Crippen LogP contribution in [-0.2, 0) is 4.79 Å². The van der Waals surface area contributed by atoms with Crippen LogP contribution in [0.3, 0.4) is 0 Å². The molecule has 3 nitrogen and oxygen atoms in total. The van der Waals surface area contributed by atoms with Crippen LogP contribution in [0.15, 0.2) is 24.3 Å². The van der Waals surface area contributed by atoms with E-state index >= 15 is 0 Å². The van der Waals surface area contributed by atoms with E-state index in [1.165, 1.54) is 0 Å². The van der Waals surface area contributed by atoms with Crippen LogP contribution in [-0.4, -0.2) is 18.2 Å². The SMILES string of the molecule is COc1ccc(C)cc1/C=C/CC(=O)O. The maximum atomic E-state index is 10.3. The Hall–Kier alpha value is -1.77. The van der Waals surface area contributed by atoms with Gasteiger partial charge in [-0.25, -0.2) is 0 Å². The molecule has 0 aliphatic carbocycles. The van der Waals surface area contributed by atoms with Gasteiger partial charge in [0.2, 0.25) is 0 Å². The lowest BCUT2D eigenvalue weighted by molar-refractivity contribution is -0.135. The number of benzene rings is 1. The van der Waals surface area contributed by atoms with Crippen molar-refractivity contribution in [1.82, 2.24) is 0 Å². The second-order valence-electron chi connectivity index (χ2n) is 3.25. The molecule has 1 aromatic rings. The van der Waals surface area contributed by atoms with Gasteiger partial charge < -0.3 is 9.84 Å². The number of rotatable bonds is 4. The number of carbonyl (C=O) groups is 1. The number of ether oxygens (including phenoxy) is 1. The summed E-state index contributed by atoms with van der Waals surface area (Å²) in [6, 6.07) is 5.78. The van der Waals surface area contributed by atoms with Gasteiger partial charge >= 0.3 is 5.97 Å². The predicted molar refractivity (Wildman–Crippen MR) is 59.0 cm³/mol. The second-order valence-corrected chi connectivity index (χ2v) is 3.25. The molecule has 0 aliphatic rings. The van der Waals surface area contributed by atoms with Crippen molar-refractivity contribution in [2.75, 3.05) is 7.11 Å². The average Bonchev–Trinajstić information content (AvgIpc) is 2.17. The first kappa shape index (κ1) is 11.3. The van der Waals surface area contributed by atoms with E-state index in [0.29, 0.717) is 0 Å². The molecule has 0 unspecified atom stereocenters. The summed E-state index contributed by atoms with van der Waals surface area (Å²) in [6.07, 6.45) is 3.40. The predicted octanol–water partition coefficient (Wildman–Crippen LogP) is 2.49. The van der Waals surface area contributed by atoms with Crippen molar-refractivity contribution >= 4 is 12.0 Å². The number of aliphatic carboxylic acids is 1. The number of aryl methyl sites for hydroxylation is 1. The smallest absolute Gasteiger partial charge is 0.307 e. The summed E-state index contributed by atoms with van der Waals surface area (Å²) in [7, 11) is 1.60. The van der Waals surface area contributed by atoms with Crippen molar-refractivity contribution in [3.63, 3.8) is 0 Å². The zero-order chi connectivity index (χ0) is 11.3. The van der Waals surface area contributed by atoms with Crippen LogP contribution in [0.4, 0.5) is 0 Å². The second kappa shape index (κ2) is 5.20. The average molecular weight is 206 g/mol. The minimum Gasteiger partial charge on any atom is -0.496 e. The van der Waals surface area contributed by atoms with Gasteiger partial charge in [0.1, 0.15) is 5.75 Å². The summed E-state index contributed by atoms with van der Waals surface area (Å²) in [4.78, 5) is 10.3. The van der Waals surface area contributed by atoms with Crippen molar-refractivity contribution < 1.29 is 14.6 Å². The van der Waals surface area contributed by atoms with Gasteiger partial charge in [0, 0.05) is 5.56 Å². The number of carboxylic acids is 1. The maximum Gasteiger partial charge on any atom is 0.307 e. The molecule has 1 rings (SSSR count). The summed E-state index contributed by atoms with van der Waals surface area (Å²) in [5.74, 6) is -0.0832. The van der Waals surface area contributed by atoms with Gasteiger partial charge in [-0.2, -0.15) is 0 Å². The molecule has 0 spiro atoms. The Morgan fingerprint density at radius 1 is 1.53 bits per heavy atom. The quantitative estimate of drug-likeness (QED) is 0.823. The number of methoxy groups -OCH3 is 1. The standard InChI is InChI=1S/C12H14O3/c1-9-6-7-11(15-2)10(8-9)4-3-5-12(13)14/h3-4,6-8H,5H2,1-2H3,(H,13,14)/b4-3+. The van der Waals surface area contributed by atoms with Crippen LogP contribution in [0.25, 0.3) is 6.08 Å². The minimum absolute atomic E-state index is 0.0249. The van der Waals surface area contributed by atoms with Gasteiger partial charge in [-0.3, -0.25) is 4.79 Å². The highest BCUT2D eigenvalue weighted by molar-refractivity contribution is 5.71. The van der Waals surface area contributed by atoms with E-state index in [1.807, 2.05) is 25.1 Å². The summed E-state index contributed by atoms with van der Waals surface area (Å²) >= 11 is 0. The van der Waals surface area contributed by atoms with Crippen molar-refractivity contribution in [2.24, 2.45) is 0 Å². The third-order valence-corrected chi connectivity index (χ3v) is 1.98. The monoisotopic (exact) mass is 206 g/mol. The largest absolute Gasteiger partial charge is 0.496 e. The minimum atomic E-state index is -0.835. The van der Waals surface area contributed by atoms with Gasteiger partial charge in [0.15, 0.2) is 0 Å². The zero-order valence-corrected chi connectivity index (χ0v) is 8.86. The highest BCUT2D eigenvalue weighted by Crippen LogP contribution is 2.21. The van der Waals surface area contributed by atoms with Crippen molar-refractivity contribution in [3.05, 3.63) is 35.4 Å². The molecular weight excluding hydrogens is 192 g/mol. The summed E-state index contributed by atoms with van der Waals surface area (Å²) in [5, 5.41) is 8.49. The molecule has 0 bridgehead atoms. The van der Waals surface area contributed by atoms with E-state index in [-0.39, 0.29) is 6.42 Å². The summed E-state index contributed by atoms with van der Waals surface area (Å²) in [5.41, 5.74) is 2.02. The lowest BCUT2D eigenvalue weighted by Gasteiger charge is -2.05. The normalized spacial score (nSPS) is 10.5. The van der Waals surface area contributed by atoms with E-state index in [1.54, 1.807) is 19.3 Å². The lowest BCUT2D eigenvalue weighted by Crippen LogP contribution is -1.91. The Labute approximate surface area is 89.0 Å². The van der Waals surface area contributed by atoms with E-state index in [2.05, 4.69) is 0 Å². The molecule has 0 aliphatic heterocycles. The Balaban J connectivity index is 2.87. The van der Waals surface area contributed by atoms with Crippen LogP contribution in [0, 0.1) is 6.92 Å². The van der Waals surface area contributed by atoms with Crippen molar-refractivity contribution in [1.29, 1.82) is 0 Å². The molecule has 0 heterocycles. The van der Waals surface area contributed by atoms with Gasteiger partial charge in [-0.1, -0.05) is 23.8 Å². The highest BCUT2D eigenvalue weighted by atomic mass is 16.5. The highest BCUT2D eigenvalue weighted by Gasteiger charge is 1.99. The molecule has 80 valence electrons. The van der Waals surface area contributed by atoms with Crippen LogP contribution in [0.2, 0.25) is 0 Å². The first-order chi connectivity index (χ1) is 7.13. The van der Waals surface area contributed by atoms with E-state index < -0.39 is 5.97 Å². The number of carboxylic acid groups (broad SMARTS) is 1. The maximum absolute atomic E-state index is 10.3. The Morgan fingerprint density at radius 2 is 2.27 bits per heavy atom. The van der Waals surface area contributed by atoms with E-state index in [9.17, 15) is 4.79 Å². The molecule has 0 amide bonds. The van der Waals surface area contributed by atoms with E-state index in [4.69, 9.17) is 9.84 Å².